The first kappa shape index (κ1) is 15.5. The summed E-state index contributed by atoms with van der Waals surface area (Å²) in [5, 5.41) is 14.6. The molecule has 124 valence electrons. The van der Waals surface area contributed by atoms with E-state index in [4.69, 9.17) is 11.6 Å². The lowest BCUT2D eigenvalue weighted by Gasteiger charge is -2.09. The summed E-state index contributed by atoms with van der Waals surface area (Å²) in [5.41, 5.74) is 1.87. The van der Waals surface area contributed by atoms with Gasteiger partial charge in [-0.1, -0.05) is 23.7 Å². The number of rotatable bonds is 3. The molecule has 2 N–H and O–H groups in total. The second kappa shape index (κ2) is 6.12. The molecule has 0 saturated heterocycles. The van der Waals surface area contributed by atoms with Crippen molar-refractivity contribution in [2.45, 2.75) is 6.61 Å². The fraction of sp³-hybridized carbons (Fsp3) is 0.0588. The number of hydrogen-bond donors (Lipinski definition) is 2. The van der Waals surface area contributed by atoms with Crippen LogP contribution >= 0.6 is 11.6 Å². The first-order chi connectivity index (χ1) is 12.2. The summed E-state index contributed by atoms with van der Waals surface area (Å²) in [6.45, 7) is -0.210. The lowest BCUT2D eigenvalue weighted by Crippen LogP contribution is -2.23. The Kier molecular flexibility index (Phi) is 3.79. The fourth-order valence-electron chi connectivity index (χ4n) is 2.58. The number of aromatic nitrogens is 5. The highest BCUT2D eigenvalue weighted by Gasteiger charge is 2.16. The molecule has 0 atom stereocenters. The molecular weight excluding hydrogens is 342 g/mol. The van der Waals surface area contributed by atoms with Crippen LogP contribution in [-0.4, -0.2) is 29.8 Å². The number of aliphatic hydroxyl groups excluding tert-OH is 1. The predicted octanol–water partition coefficient (Wildman–Crippen LogP) is 2.32. The molecule has 8 heteroatoms. The van der Waals surface area contributed by atoms with Gasteiger partial charge in [-0.05, 0) is 24.3 Å². The number of hydrogen-bond acceptors (Lipinski definition) is 5. The number of nitrogens with zero attached hydrogens (tertiary/aromatic N) is 4. The van der Waals surface area contributed by atoms with Crippen molar-refractivity contribution in [2.24, 2.45) is 0 Å². The molecular formula is C17H12ClN5O2. The van der Waals surface area contributed by atoms with Crippen molar-refractivity contribution < 1.29 is 5.11 Å². The summed E-state index contributed by atoms with van der Waals surface area (Å²) in [5.74, 6) is 0.225. The van der Waals surface area contributed by atoms with Gasteiger partial charge in [-0.2, -0.15) is 9.78 Å². The molecule has 0 spiro atoms. The van der Waals surface area contributed by atoms with Gasteiger partial charge in [0.25, 0.3) is 5.56 Å². The van der Waals surface area contributed by atoms with Gasteiger partial charge in [0.2, 0.25) is 5.95 Å². The van der Waals surface area contributed by atoms with Gasteiger partial charge in [0.1, 0.15) is 11.2 Å². The Hall–Kier alpha value is -3.03. The van der Waals surface area contributed by atoms with Crippen molar-refractivity contribution in [3.05, 3.63) is 69.9 Å². The zero-order chi connectivity index (χ0) is 17.4. The smallest absolute Gasteiger partial charge is 0.283 e. The maximum atomic E-state index is 12.8. The Morgan fingerprint density at radius 2 is 2.08 bits per heavy atom. The molecule has 0 unspecified atom stereocenters. The van der Waals surface area contributed by atoms with Crippen molar-refractivity contribution in [1.82, 2.24) is 24.7 Å². The van der Waals surface area contributed by atoms with Crippen LogP contribution in [0, 0.1) is 0 Å². The molecule has 4 rings (SSSR count). The number of pyridine rings is 1. The van der Waals surface area contributed by atoms with Gasteiger partial charge in [0.05, 0.1) is 23.9 Å². The van der Waals surface area contributed by atoms with Gasteiger partial charge in [-0.25, -0.2) is 4.98 Å². The van der Waals surface area contributed by atoms with Crippen molar-refractivity contribution in [3.63, 3.8) is 0 Å². The Morgan fingerprint density at radius 3 is 2.84 bits per heavy atom. The molecule has 4 aromatic rings. The van der Waals surface area contributed by atoms with Crippen LogP contribution in [0.3, 0.4) is 0 Å². The van der Waals surface area contributed by atoms with E-state index in [1.54, 1.807) is 36.5 Å². The van der Waals surface area contributed by atoms with Crippen LogP contribution in [-0.2, 0) is 6.61 Å². The molecule has 0 aliphatic rings. The average molecular weight is 354 g/mol. The highest BCUT2D eigenvalue weighted by molar-refractivity contribution is 6.30. The first-order valence-electron chi connectivity index (χ1n) is 7.46. The van der Waals surface area contributed by atoms with Crippen molar-refractivity contribution in [2.75, 3.05) is 0 Å². The van der Waals surface area contributed by atoms with E-state index < -0.39 is 0 Å². The number of aliphatic hydroxyl groups is 1. The number of H-pyrrole nitrogens is 1. The number of halogens is 1. The van der Waals surface area contributed by atoms with Crippen molar-refractivity contribution >= 4 is 22.5 Å². The summed E-state index contributed by atoms with van der Waals surface area (Å²) >= 11 is 6.09. The topological polar surface area (TPSA) is 96.7 Å². The predicted molar refractivity (Wildman–Crippen MR) is 93.6 cm³/mol. The molecule has 25 heavy (non-hydrogen) atoms. The summed E-state index contributed by atoms with van der Waals surface area (Å²) < 4.78 is 1.17. The molecule has 3 aromatic heterocycles. The van der Waals surface area contributed by atoms with Crippen LogP contribution in [0.25, 0.3) is 28.1 Å². The fourth-order valence-corrected chi connectivity index (χ4v) is 2.77. The van der Waals surface area contributed by atoms with Gasteiger partial charge >= 0.3 is 0 Å². The largest absolute Gasteiger partial charge is 0.390 e. The van der Waals surface area contributed by atoms with Gasteiger partial charge in [-0.15, -0.1) is 0 Å². The van der Waals surface area contributed by atoms with Crippen molar-refractivity contribution in [1.29, 1.82) is 0 Å². The Bertz CT molecular complexity index is 1140. The SMILES string of the molecule is O=c1c2cccnc2c(-c2cccc(Cl)c2)nn1-c1ncc(CO)[nH]1. The van der Waals surface area contributed by atoms with E-state index in [0.717, 1.165) is 5.56 Å². The van der Waals surface area contributed by atoms with E-state index in [1.165, 1.54) is 10.9 Å². The molecule has 0 bridgehead atoms. The summed E-state index contributed by atoms with van der Waals surface area (Å²) in [6, 6.07) is 10.5. The molecule has 0 radical (unpaired) electrons. The van der Waals surface area contributed by atoms with Crippen LogP contribution in [0.4, 0.5) is 0 Å². The Morgan fingerprint density at radius 1 is 1.20 bits per heavy atom. The summed E-state index contributed by atoms with van der Waals surface area (Å²) in [6.07, 6.45) is 3.06. The van der Waals surface area contributed by atoms with Crippen LogP contribution in [0.15, 0.2) is 53.6 Å². The average Bonchev–Trinajstić information content (AvgIpc) is 3.11. The summed E-state index contributed by atoms with van der Waals surface area (Å²) in [4.78, 5) is 24.1. The normalized spacial score (nSPS) is 11.1. The third-order valence-corrected chi connectivity index (χ3v) is 3.97. The molecule has 0 aliphatic heterocycles. The minimum Gasteiger partial charge on any atom is -0.390 e. The van der Waals surface area contributed by atoms with E-state index in [2.05, 4.69) is 20.1 Å². The minimum absolute atomic E-state index is 0.210. The van der Waals surface area contributed by atoms with E-state index in [0.29, 0.717) is 27.3 Å². The highest BCUT2D eigenvalue weighted by atomic mass is 35.5. The van der Waals surface area contributed by atoms with Gasteiger partial charge in [0.15, 0.2) is 0 Å². The second-order valence-electron chi connectivity index (χ2n) is 5.37. The molecule has 0 fully saturated rings. The van der Waals surface area contributed by atoms with E-state index in [9.17, 15) is 9.90 Å². The lowest BCUT2D eigenvalue weighted by atomic mass is 10.1. The molecule has 7 nitrogen and oxygen atoms in total. The third kappa shape index (κ3) is 2.69. The molecule has 0 amide bonds. The van der Waals surface area contributed by atoms with Gasteiger partial charge < -0.3 is 10.1 Å². The van der Waals surface area contributed by atoms with E-state index >= 15 is 0 Å². The third-order valence-electron chi connectivity index (χ3n) is 3.74. The van der Waals surface area contributed by atoms with Crippen molar-refractivity contribution in [3.8, 4) is 17.2 Å². The molecule has 0 saturated carbocycles. The minimum atomic E-state index is -0.354. The number of aromatic amines is 1. The van der Waals surface area contributed by atoms with E-state index in [-0.39, 0.29) is 18.1 Å². The standard InChI is InChI=1S/C17H12ClN5O2/c18-11-4-1-3-10(7-11)14-15-13(5-2-6-19-15)16(25)23(22-14)17-20-8-12(9-24)21-17/h1-8,24H,9H2,(H,20,21). The maximum absolute atomic E-state index is 12.8. The van der Waals surface area contributed by atoms with E-state index in [1.807, 2.05) is 6.07 Å². The first-order valence-corrected chi connectivity index (χ1v) is 7.84. The Balaban J connectivity index is 2.05. The molecule has 3 heterocycles. The number of nitrogens with one attached hydrogen (secondary N) is 1. The van der Waals surface area contributed by atoms with Gasteiger partial charge in [-0.3, -0.25) is 9.78 Å². The Labute approximate surface area is 146 Å². The van der Waals surface area contributed by atoms with Crippen LogP contribution < -0.4 is 5.56 Å². The van der Waals surface area contributed by atoms with Crippen LogP contribution in [0.1, 0.15) is 5.69 Å². The lowest BCUT2D eigenvalue weighted by molar-refractivity contribution is 0.277. The monoisotopic (exact) mass is 353 g/mol. The highest BCUT2D eigenvalue weighted by Crippen LogP contribution is 2.25. The second-order valence-corrected chi connectivity index (χ2v) is 5.80. The molecule has 1 aromatic carbocycles. The van der Waals surface area contributed by atoms with Crippen LogP contribution in [0.5, 0.6) is 0 Å². The van der Waals surface area contributed by atoms with Crippen LogP contribution in [0.2, 0.25) is 5.02 Å². The zero-order valence-corrected chi connectivity index (χ0v) is 13.6. The zero-order valence-electron chi connectivity index (χ0n) is 12.8. The number of benzene rings is 1. The molecule has 0 aliphatic carbocycles. The van der Waals surface area contributed by atoms with Gasteiger partial charge in [0, 0.05) is 16.8 Å². The quantitative estimate of drug-likeness (QED) is 0.589. The number of imidazole rings is 1. The number of fused-ring (bicyclic) bond motifs is 1. The maximum Gasteiger partial charge on any atom is 0.283 e. The summed E-state index contributed by atoms with van der Waals surface area (Å²) in [7, 11) is 0.